The Morgan fingerprint density at radius 2 is 2.17 bits per heavy atom. The Morgan fingerprint density at radius 1 is 1.43 bits per heavy atom. The quantitative estimate of drug-likeness (QED) is 0.828. The third-order valence-electron chi connectivity index (χ3n) is 3.29. The van der Waals surface area contributed by atoms with Crippen molar-refractivity contribution in [1.29, 1.82) is 0 Å². The van der Waals surface area contributed by atoms with E-state index in [9.17, 15) is 9.59 Å². The molecule has 0 saturated heterocycles. The smallest absolute Gasteiger partial charge is 0.358 e. The minimum Gasteiger partial charge on any atom is -0.496 e. The molecule has 2 N–H and O–H groups in total. The molecule has 8 nitrogen and oxygen atoms in total. The first-order valence-electron chi connectivity index (χ1n) is 6.98. The number of aromatic nitrogens is 3. The van der Waals surface area contributed by atoms with Gasteiger partial charge in [0.15, 0.2) is 5.69 Å². The molecule has 0 aliphatic rings. The number of carboxylic acid groups (broad SMARTS) is 1. The zero-order valence-corrected chi connectivity index (χ0v) is 13.1. The van der Waals surface area contributed by atoms with Gasteiger partial charge in [0.25, 0.3) is 0 Å². The molecule has 1 unspecified atom stereocenters. The molecule has 0 aliphatic carbocycles. The molecular formula is C15H18N4O4. The fourth-order valence-electron chi connectivity index (χ4n) is 2.18. The third kappa shape index (κ3) is 4.06. The second-order valence-electron chi connectivity index (χ2n) is 5.14. The maximum absolute atomic E-state index is 12.1. The number of ether oxygens (including phenoxy) is 1. The highest BCUT2D eigenvalue weighted by atomic mass is 16.5. The summed E-state index contributed by atoms with van der Waals surface area (Å²) in [6, 6.07) is 5.46. The number of carbonyl (C=O) groups is 2. The third-order valence-corrected chi connectivity index (χ3v) is 3.29. The van der Waals surface area contributed by atoms with Crippen LogP contribution in [0, 0.1) is 6.92 Å². The van der Waals surface area contributed by atoms with E-state index >= 15 is 0 Å². The summed E-state index contributed by atoms with van der Waals surface area (Å²) in [6.45, 7) is 3.69. The average molecular weight is 318 g/mol. The van der Waals surface area contributed by atoms with E-state index in [1.807, 2.05) is 32.0 Å². The van der Waals surface area contributed by atoms with Crippen LogP contribution in [-0.2, 0) is 11.3 Å². The summed E-state index contributed by atoms with van der Waals surface area (Å²) in [7, 11) is 1.57. The maximum atomic E-state index is 12.1. The second kappa shape index (κ2) is 6.91. The van der Waals surface area contributed by atoms with Crippen molar-refractivity contribution < 1.29 is 19.4 Å². The molecule has 0 spiro atoms. The first-order chi connectivity index (χ1) is 10.9. The van der Waals surface area contributed by atoms with E-state index < -0.39 is 5.97 Å². The number of carboxylic acids is 1. The van der Waals surface area contributed by atoms with Crippen LogP contribution in [0.4, 0.5) is 0 Å². The van der Waals surface area contributed by atoms with E-state index in [0.717, 1.165) is 11.1 Å². The molecule has 0 aliphatic heterocycles. The lowest BCUT2D eigenvalue weighted by Crippen LogP contribution is -2.30. The van der Waals surface area contributed by atoms with Crippen molar-refractivity contribution in [2.45, 2.75) is 26.4 Å². The predicted octanol–water partition coefficient (Wildman–Crippen LogP) is 1.17. The number of nitrogens with one attached hydrogen (secondary N) is 1. The predicted molar refractivity (Wildman–Crippen MR) is 81.3 cm³/mol. The van der Waals surface area contributed by atoms with Crippen LogP contribution in [0.2, 0.25) is 0 Å². The molecule has 1 aromatic heterocycles. The molecule has 0 saturated carbocycles. The first-order valence-corrected chi connectivity index (χ1v) is 6.98. The molecule has 1 atom stereocenters. The number of rotatable bonds is 6. The Hall–Kier alpha value is -2.90. The van der Waals surface area contributed by atoms with Gasteiger partial charge in [-0.3, -0.25) is 4.79 Å². The summed E-state index contributed by atoms with van der Waals surface area (Å²) in [4.78, 5) is 22.8. The molecule has 8 heteroatoms. The van der Waals surface area contributed by atoms with Crippen molar-refractivity contribution >= 4 is 11.9 Å². The summed E-state index contributed by atoms with van der Waals surface area (Å²) in [5.74, 6) is -0.797. The fraction of sp³-hybridized carbons (Fsp3) is 0.333. The van der Waals surface area contributed by atoms with E-state index in [-0.39, 0.29) is 24.2 Å². The maximum Gasteiger partial charge on any atom is 0.358 e. The number of benzene rings is 1. The largest absolute Gasteiger partial charge is 0.496 e. The van der Waals surface area contributed by atoms with Gasteiger partial charge in [-0.15, -0.1) is 5.10 Å². The molecule has 0 radical (unpaired) electrons. The molecule has 2 rings (SSSR count). The first kappa shape index (κ1) is 16.5. The molecule has 23 heavy (non-hydrogen) atoms. The van der Waals surface area contributed by atoms with E-state index in [4.69, 9.17) is 9.84 Å². The Morgan fingerprint density at radius 3 is 2.78 bits per heavy atom. The average Bonchev–Trinajstić information content (AvgIpc) is 2.95. The SMILES string of the molecule is COc1ccc(C)cc1C(C)NC(=O)Cn1cc(C(=O)O)nn1. The molecule has 1 heterocycles. The zero-order valence-electron chi connectivity index (χ0n) is 13.1. The van der Waals surface area contributed by atoms with Gasteiger partial charge in [0.2, 0.25) is 5.91 Å². The number of aromatic carboxylic acids is 1. The number of carbonyl (C=O) groups excluding carboxylic acids is 1. The van der Waals surface area contributed by atoms with Gasteiger partial charge < -0.3 is 15.2 Å². The molecule has 1 aromatic carbocycles. The van der Waals surface area contributed by atoms with Crippen LogP contribution in [-0.4, -0.2) is 39.1 Å². The minimum absolute atomic E-state index is 0.112. The van der Waals surface area contributed by atoms with Gasteiger partial charge in [0, 0.05) is 5.56 Å². The number of methoxy groups -OCH3 is 1. The van der Waals surface area contributed by atoms with Crippen molar-refractivity contribution in [2.24, 2.45) is 0 Å². The van der Waals surface area contributed by atoms with Crippen LogP contribution >= 0.6 is 0 Å². The number of hydrogen-bond acceptors (Lipinski definition) is 5. The van der Waals surface area contributed by atoms with Crippen LogP contribution in [0.25, 0.3) is 0 Å². The Labute approximate surface area is 133 Å². The molecular weight excluding hydrogens is 300 g/mol. The standard InChI is InChI=1S/C15H18N4O4/c1-9-4-5-13(23-3)11(6-9)10(2)16-14(20)8-19-7-12(15(21)22)17-18-19/h4-7,10H,8H2,1-3H3,(H,16,20)(H,21,22). The van der Waals surface area contributed by atoms with Gasteiger partial charge in [0.05, 0.1) is 19.3 Å². The van der Waals surface area contributed by atoms with Crippen molar-refractivity contribution in [1.82, 2.24) is 20.3 Å². The van der Waals surface area contributed by atoms with Crippen molar-refractivity contribution in [2.75, 3.05) is 7.11 Å². The summed E-state index contributed by atoms with van der Waals surface area (Å²) in [6.07, 6.45) is 1.21. The Balaban J connectivity index is 2.04. The minimum atomic E-state index is -1.19. The van der Waals surface area contributed by atoms with Crippen LogP contribution in [0.1, 0.15) is 34.6 Å². The number of hydrogen-bond donors (Lipinski definition) is 2. The lowest BCUT2D eigenvalue weighted by molar-refractivity contribution is -0.122. The Bertz CT molecular complexity index is 726. The van der Waals surface area contributed by atoms with Gasteiger partial charge in [-0.25, -0.2) is 9.48 Å². The van der Waals surface area contributed by atoms with E-state index in [2.05, 4.69) is 15.6 Å². The van der Waals surface area contributed by atoms with Crippen LogP contribution in [0.15, 0.2) is 24.4 Å². The summed E-state index contributed by atoms with van der Waals surface area (Å²) in [5.41, 5.74) is 1.72. The molecule has 122 valence electrons. The zero-order chi connectivity index (χ0) is 17.0. The van der Waals surface area contributed by atoms with E-state index in [1.54, 1.807) is 7.11 Å². The van der Waals surface area contributed by atoms with Crippen LogP contribution in [0.5, 0.6) is 5.75 Å². The van der Waals surface area contributed by atoms with Crippen LogP contribution in [0.3, 0.4) is 0 Å². The topological polar surface area (TPSA) is 106 Å². The fourth-order valence-corrected chi connectivity index (χ4v) is 2.18. The van der Waals surface area contributed by atoms with E-state index in [0.29, 0.717) is 5.75 Å². The highest BCUT2D eigenvalue weighted by molar-refractivity contribution is 5.84. The second-order valence-corrected chi connectivity index (χ2v) is 5.14. The molecule has 0 fully saturated rings. The van der Waals surface area contributed by atoms with Crippen molar-refractivity contribution in [3.05, 3.63) is 41.2 Å². The highest BCUT2D eigenvalue weighted by Crippen LogP contribution is 2.25. The van der Waals surface area contributed by atoms with Crippen LogP contribution < -0.4 is 10.1 Å². The molecule has 1 amide bonds. The molecule has 0 bridgehead atoms. The van der Waals surface area contributed by atoms with Gasteiger partial charge in [0.1, 0.15) is 12.3 Å². The Kier molecular flexibility index (Phi) is 4.95. The summed E-state index contributed by atoms with van der Waals surface area (Å²) in [5, 5.41) is 18.7. The van der Waals surface area contributed by atoms with Crippen molar-refractivity contribution in [3.8, 4) is 5.75 Å². The number of nitrogens with zero attached hydrogens (tertiary/aromatic N) is 3. The van der Waals surface area contributed by atoms with Gasteiger partial charge in [-0.05, 0) is 19.9 Å². The van der Waals surface area contributed by atoms with Crippen molar-refractivity contribution in [3.63, 3.8) is 0 Å². The lowest BCUT2D eigenvalue weighted by Gasteiger charge is -2.18. The number of amides is 1. The summed E-state index contributed by atoms with van der Waals surface area (Å²) >= 11 is 0. The van der Waals surface area contributed by atoms with Gasteiger partial charge >= 0.3 is 5.97 Å². The van der Waals surface area contributed by atoms with Gasteiger partial charge in [-0.2, -0.15) is 0 Å². The lowest BCUT2D eigenvalue weighted by atomic mass is 10.0. The molecule has 2 aromatic rings. The van der Waals surface area contributed by atoms with E-state index in [1.165, 1.54) is 10.9 Å². The summed E-state index contributed by atoms with van der Waals surface area (Å²) < 4.78 is 6.49. The number of aryl methyl sites for hydroxylation is 1. The highest BCUT2D eigenvalue weighted by Gasteiger charge is 2.16. The van der Waals surface area contributed by atoms with Gasteiger partial charge in [-0.1, -0.05) is 22.9 Å². The monoisotopic (exact) mass is 318 g/mol. The normalized spacial score (nSPS) is 11.8.